The smallest absolute Gasteiger partial charge is 0.181 e. The highest BCUT2D eigenvalue weighted by molar-refractivity contribution is 5.54. The lowest BCUT2D eigenvalue weighted by Crippen LogP contribution is -1.85. The first-order valence-electron chi connectivity index (χ1n) is 4.95. The van der Waals surface area contributed by atoms with E-state index in [4.69, 9.17) is 5.11 Å². The Morgan fingerprint density at radius 3 is 2.53 bits per heavy atom. The first kappa shape index (κ1) is 9.86. The van der Waals surface area contributed by atoms with Crippen molar-refractivity contribution in [2.45, 2.75) is 20.0 Å². The number of H-pyrrole nitrogens is 1. The predicted octanol–water partition coefficient (Wildman–Crippen LogP) is 1.53. The van der Waals surface area contributed by atoms with Crippen molar-refractivity contribution in [3.63, 3.8) is 0 Å². The normalized spacial score (nSPS) is 10.5. The van der Waals surface area contributed by atoms with E-state index < -0.39 is 0 Å². The average Bonchev–Trinajstić information content (AvgIpc) is 2.78. The molecule has 0 radical (unpaired) electrons. The lowest BCUT2D eigenvalue weighted by Gasteiger charge is -1.97. The van der Waals surface area contributed by atoms with Crippen molar-refractivity contribution >= 4 is 0 Å². The van der Waals surface area contributed by atoms with Gasteiger partial charge in [0.05, 0.1) is 0 Å². The van der Waals surface area contributed by atoms with E-state index >= 15 is 0 Å². The van der Waals surface area contributed by atoms with Crippen LogP contribution in [0.1, 0.15) is 18.3 Å². The highest BCUT2D eigenvalue weighted by Gasteiger charge is 2.04. The molecule has 2 aromatic rings. The maximum atomic E-state index is 8.85. The second kappa shape index (κ2) is 4.23. The van der Waals surface area contributed by atoms with Gasteiger partial charge in [-0.2, -0.15) is 5.10 Å². The minimum atomic E-state index is -0.111. The zero-order valence-electron chi connectivity index (χ0n) is 8.57. The van der Waals surface area contributed by atoms with E-state index in [0.29, 0.717) is 11.6 Å². The Labute approximate surface area is 88.0 Å². The second-order valence-corrected chi connectivity index (χ2v) is 3.31. The summed E-state index contributed by atoms with van der Waals surface area (Å²) in [5, 5.41) is 15.5. The van der Waals surface area contributed by atoms with Crippen LogP contribution in [0.15, 0.2) is 24.3 Å². The highest BCUT2D eigenvalue weighted by atomic mass is 16.3. The Morgan fingerprint density at radius 2 is 2.00 bits per heavy atom. The van der Waals surface area contributed by atoms with Crippen molar-refractivity contribution in [3.8, 4) is 11.4 Å². The predicted molar refractivity (Wildman–Crippen MR) is 57.1 cm³/mol. The summed E-state index contributed by atoms with van der Waals surface area (Å²) in [7, 11) is 0. The molecule has 0 atom stereocenters. The third-order valence-electron chi connectivity index (χ3n) is 2.30. The lowest BCUT2D eigenvalue weighted by molar-refractivity contribution is 0.272. The number of aryl methyl sites for hydroxylation is 1. The van der Waals surface area contributed by atoms with Gasteiger partial charge in [0.15, 0.2) is 11.6 Å². The summed E-state index contributed by atoms with van der Waals surface area (Å²) in [5.74, 6) is 1.12. The van der Waals surface area contributed by atoms with Crippen LogP contribution in [-0.4, -0.2) is 20.3 Å². The molecule has 0 saturated carbocycles. The molecule has 0 amide bonds. The van der Waals surface area contributed by atoms with Crippen LogP contribution in [0.4, 0.5) is 0 Å². The summed E-state index contributed by atoms with van der Waals surface area (Å²) >= 11 is 0. The van der Waals surface area contributed by atoms with Crippen molar-refractivity contribution in [3.05, 3.63) is 35.7 Å². The average molecular weight is 203 g/mol. The minimum absolute atomic E-state index is 0.111. The Hall–Kier alpha value is -1.68. The summed E-state index contributed by atoms with van der Waals surface area (Å²) in [6.45, 7) is 2.01. The molecule has 4 nitrogen and oxygen atoms in total. The summed E-state index contributed by atoms with van der Waals surface area (Å²) in [5.41, 5.74) is 2.25. The molecule has 1 aromatic heterocycles. The molecule has 78 valence electrons. The second-order valence-electron chi connectivity index (χ2n) is 3.31. The fourth-order valence-corrected chi connectivity index (χ4v) is 1.38. The molecule has 1 heterocycles. The quantitative estimate of drug-likeness (QED) is 0.795. The molecule has 2 N–H and O–H groups in total. The number of aliphatic hydroxyl groups excluding tert-OH is 1. The van der Waals surface area contributed by atoms with Crippen LogP contribution in [0.3, 0.4) is 0 Å². The zero-order valence-corrected chi connectivity index (χ0v) is 8.57. The third-order valence-corrected chi connectivity index (χ3v) is 2.30. The number of hydrogen-bond acceptors (Lipinski definition) is 3. The van der Waals surface area contributed by atoms with E-state index in [2.05, 4.69) is 34.2 Å². The molecule has 0 unspecified atom stereocenters. The topological polar surface area (TPSA) is 61.8 Å². The van der Waals surface area contributed by atoms with Crippen molar-refractivity contribution in [2.24, 2.45) is 0 Å². The van der Waals surface area contributed by atoms with Gasteiger partial charge in [0.2, 0.25) is 0 Å². The molecule has 1 aromatic carbocycles. The van der Waals surface area contributed by atoms with Gasteiger partial charge < -0.3 is 5.11 Å². The van der Waals surface area contributed by atoms with Crippen LogP contribution in [0.2, 0.25) is 0 Å². The van der Waals surface area contributed by atoms with E-state index in [9.17, 15) is 0 Å². The Kier molecular flexibility index (Phi) is 2.78. The zero-order chi connectivity index (χ0) is 10.7. The molecular formula is C11H13N3O. The molecule has 0 fully saturated rings. The maximum Gasteiger partial charge on any atom is 0.181 e. The minimum Gasteiger partial charge on any atom is -0.388 e. The van der Waals surface area contributed by atoms with Crippen molar-refractivity contribution < 1.29 is 5.11 Å². The van der Waals surface area contributed by atoms with Gasteiger partial charge in [-0.15, -0.1) is 0 Å². The van der Waals surface area contributed by atoms with Gasteiger partial charge in [0, 0.05) is 5.56 Å². The van der Waals surface area contributed by atoms with E-state index in [1.807, 2.05) is 12.1 Å². The van der Waals surface area contributed by atoms with E-state index in [-0.39, 0.29) is 6.61 Å². The number of aromatic amines is 1. The van der Waals surface area contributed by atoms with Gasteiger partial charge in [-0.25, -0.2) is 4.98 Å². The number of nitrogens with one attached hydrogen (secondary N) is 1. The Bertz CT molecular complexity index is 433. The molecule has 4 heteroatoms. The Balaban J connectivity index is 2.28. The fourth-order valence-electron chi connectivity index (χ4n) is 1.38. The number of hydrogen-bond donors (Lipinski definition) is 2. The summed E-state index contributed by atoms with van der Waals surface area (Å²) in [4.78, 5) is 4.14. The van der Waals surface area contributed by atoms with Crippen molar-refractivity contribution in [2.75, 3.05) is 0 Å². The molecule has 0 saturated heterocycles. The van der Waals surface area contributed by atoms with E-state index in [0.717, 1.165) is 12.0 Å². The number of nitrogens with zero attached hydrogens (tertiary/aromatic N) is 2. The largest absolute Gasteiger partial charge is 0.388 e. The van der Waals surface area contributed by atoms with Crippen LogP contribution in [0, 0.1) is 0 Å². The first-order chi connectivity index (χ1) is 7.33. The number of aromatic nitrogens is 3. The molecule has 0 aliphatic carbocycles. The monoisotopic (exact) mass is 203 g/mol. The summed E-state index contributed by atoms with van der Waals surface area (Å²) < 4.78 is 0. The maximum absolute atomic E-state index is 8.85. The van der Waals surface area contributed by atoms with Gasteiger partial charge in [0.25, 0.3) is 0 Å². The number of rotatable bonds is 3. The van der Waals surface area contributed by atoms with Gasteiger partial charge in [0.1, 0.15) is 6.61 Å². The third kappa shape index (κ3) is 2.05. The van der Waals surface area contributed by atoms with Gasteiger partial charge in [-0.3, -0.25) is 5.10 Å². The number of benzene rings is 1. The summed E-state index contributed by atoms with van der Waals surface area (Å²) in [6, 6.07) is 8.10. The van der Waals surface area contributed by atoms with Crippen LogP contribution >= 0.6 is 0 Å². The highest BCUT2D eigenvalue weighted by Crippen LogP contribution is 2.15. The van der Waals surface area contributed by atoms with Gasteiger partial charge in [-0.05, 0) is 12.0 Å². The van der Waals surface area contributed by atoms with Crippen LogP contribution < -0.4 is 0 Å². The Morgan fingerprint density at radius 1 is 1.27 bits per heavy atom. The van der Waals surface area contributed by atoms with Crippen LogP contribution in [0.25, 0.3) is 11.4 Å². The molecule has 0 aliphatic heterocycles. The van der Waals surface area contributed by atoms with Crippen LogP contribution in [-0.2, 0) is 13.0 Å². The number of aliphatic hydroxyl groups is 1. The van der Waals surface area contributed by atoms with Gasteiger partial charge in [-0.1, -0.05) is 31.2 Å². The molecule has 0 aliphatic rings. The summed E-state index contributed by atoms with van der Waals surface area (Å²) in [6.07, 6.45) is 1.02. The van der Waals surface area contributed by atoms with Gasteiger partial charge >= 0.3 is 0 Å². The SMILES string of the molecule is CCc1ccc(-c2n[nH]c(CO)n2)cc1. The molecule has 15 heavy (non-hydrogen) atoms. The standard InChI is InChI=1S/C11H13N3O/c1-2-8-3-5-9(6-4-8)11-12-10(7-15)13-14-11/h3-6,15H,2,7H2,1H3,(H,12,13,14). The molecular weight excluding hydrogens is 190 g/mol. The molecule has 2 rings (SSSR count). The fraction of sp³-hybridized carbons (Fsp3) is 0.273. The lowest BCUT2D eigenvalue weighted by atomic mass is 10.1. The first-order valence-corrected chi connectivity index (χ1v) is 4.95. The van der Waals surface area contributed by atoms with E-state index in [1.54, 1.807) is 0 Å². The van der Waals surface area contributed by atoms with Crippen molar-refractivity contribution in [1.82, 2.24) is 15.2 Å². The molecule has 0 bridgehead atoms. The van der Waals surface area contributed by atoms with Crippen LogP contribution in [0.5, 0.6) is 0 Å². The molecule has 0 spiro atoms. The van der Waals surface area contributed by atoms with Crippen molar-refractivity contribution in [1.29, 1.82) is 0 Å². The van der Waals surface area contributed by atoms with E-state index in [1.165, 1.54) is 5.56 Å².